The van der Waals surface area contributed by atoms with Crippen molar-refractivity contribution >= 4 is 35.8 Å². The lowest BCUT2D eigenvalue weighted by Crippen LogP contribution is -2.36. The van der Waals surface area contributed by atoms with Crippen LogP contribution in [0.15, 0.2) is 146 Å². The predicted octanol–water partition coefficient (Wildman–Crippen LogP) is 7.19. The van der Waals surface area contributed by atoms with Gasteiger partial charge >= 0.3 is 35.8 Å². The van der Waals surface area contributed by atoms with Gasteiger partial charge in [0.15, 0.2) is 12.2 Å². The maximum atomic E-state index is 13.6. The Morgan fingerprint density at radius 1 is 0.296 bits per heavy atom. The molecule has 0 bridgehead atoms. The first-order chi connectivity index (χ1) is 39.3. The van der Waals surface area contributed by atoms with Crippen molar-refractivity contribution < 1.29 is 100 Å². The molecule has 0 aliphatic heterocycles. The smallest absolute Gasteiger partial charge is 0.338 e. The third-order valence-electron chi connectivity index (χ3n) is 11.7. The molecule has 6 aromatic rings. The van der Waals surface area contributed by atoms with E-state index < -0.39 is 73.4 Å². The third kappa shape index (κ3) is 19.7. The number of aliphatic hydroxyl groups excluding tert-OH is 1. The van der Waals surface area contributed by atoms with Gasteiger partial charge in [-0.3, -0.25) is 0 Å². The lowest BCUT2D eigenvalue weighted by atomic mass is 10.1. The van der Waals surface area contributed by atoms with Crippen LogP contribution >= 0.6 is 0 Å². The van der Waals surface area contributed by atoms with Gasteiger partial charge in [-0.25, -0.2) is 28.8 Å². The highest BCUT2D eigenvalue weighted by Gasteiger charge is 2.26. The van der Waals surface area contributed by atoms with Crippen LogP contribution < -0.4 is 23.7 Å². The maximum Gasteiger partial charge on any atom is 0.338 e. The SMILES string of the molecule is COc1ccc(C(=O)OCC(COCC(COCC(COCC(COC(=O)c2ccc(CO)cc2)OC(=O)c2ccc(OC)cc2)OC(=O)c2ccc(OC)cc2)OC(=O)c2ccc(OC)cc2)OC(=O)c2ccc(OC)cc2)cc1. The Hall–Kier alpha value is -9.02. The van der Waals surface area contributed by atoms with Crippen molar-refractivity contribution in [3.8, 4) is 28.7 Å². The third-order valence-corrected chi connectivity index (χ3v) is 11.7. The van der Waals surface area contributed by atoms with E-state index in [1.165, 1.54) is 108 Å². The number of carbonyl (C=O) groups excluding carboxylic acids is 6. The number of rotatable bonds is 32. The van der Waals surface area contributed by atoms with E-state index in [1.54, 1.807) is 72.8 Å². The maximum absolute atomic E-state index is 13.6. The van der Waals surface area contributed by atoms with Crippen LogP contribution in [-0.2, 0) is 49.2 Å². The van der Waals surface area contributed by atoms with Crippen LogP contribution in [-0.4, -0.2) is 154 Å². The van der Waals surface area contributed by atoms with Crippen LogP contribution in [0.2, 0.25) is 0 Å². The van der Waals surface area contributed by atoms with Crippen LogP contribution in [0.5, 0.6) is 28.7 Å². The Bertz CT molecular complexity index is 2730. The summed E-state index contributed by atoms with van der Waals surface area (Å²) in [7, 11) is 7.39. The highest BCUT2D eigenvalue weighted by atomic mass is 16.6. The molecule has 428 valence electrons. The molecule has 81 heavy (non-hydrogen) atoms. The molecular formula is C60H62O21. The summed E-state index contributed by atoms with van der Waals surface area (Å²) in [5.41, 5.74) is 1.60. The zero-order chi connectivity index (χ0) is 57.9. The van der Waals surface area contributed by atoms with Crippen molar-refractivity contribution in [2.24, 2.45) is 0 Å². The number of ether oxygens (including phenoxy) is 14. The Labute approximate surface area is 467 Å². The van der Waals surface area contributed by atoms with Crippen molar-refractivity contribution in [1.82, 2.24) is 0 Å². The van der Waals surface area contributed by atoms with E-state index >= 15 is 0 Å². The molecule has 0 aromatic heterocycles. The summed E-state index contributed by atoms with van der Waals surface area (Å²) < 4.78 is 78.5. The van der Waals surface area contributed by atoms with Crippen molar-refractivity contribution in [3.63, 3.8) is 0 Å². The zero-order valence-corrected chi connectivity index (χ0v) is 45.1. The summed E-state index contributed by atoms with van der Waals surface area (Å²) in [6.45, 7) is -3.30. The number of aliphatic hydroxyl groups is 1. The minimum atomic E-state index is -1.19. The first-order valence-corrected chi connectivity index (χ1v) is 25.1. The molecule has 0 spiro atoms. The number of benzene rings is 6. The van der Waals surface area contributed by atoms with Gasteiger partial charge in [-0.2, -0.15) is 0 Å². The normalized spacial score (nSPS) is 12.3. The highest BCUT2D eigenvalue weighted by molar-refractivity contribution is 5.92. The number of carbonyl (C=O) groups is 6. The Morgan fingerprint density at radius 3 is 0.704 bits per heavy atom. The van der Waals surface area contributed by atoms with E-state index in [0.717, 1.165) is 0 Å². The first-order valence-electron chi connectivity index (χ1n) is 25.1. The predicted molar refractivity (Wildman–Crippen MR) is 287 cm³/mol. The number of esters is 6. The molecule has 0 radical (unpaired) electrons. The molecule has 6 aromatic carbocycles. The quantitative estimate of drug-likeness (QED) is 0.0324. The van der Waals surface area contributed by atoms with Gasteiger partial charge in [0.25, 0.3) is 0 Å². The summed E-state index contributed by atoms with van der Waals surface area (Å²) in [4.78, 5) is 80.1. The molecular weight excluding hydrogens is 1060 g/mol. The molecule has 6 rings (SSSR count). The van der Waals surface area contributed by atoms with Crippen molar-refractivity contribution in [2.45, 2.75) is 31.0 Å². The van der Waals surface area contributed by atoms with Gasteiger partial charge < -0.3 is 71.4 Å². The zero-order valence-electron chi connectivity index (χ0n) is 45.1. The molecule has 0 saturated carbocycles. The van der Waals surface area contributed by atoms with Crippen LogP contribution in [0.4, 0.5) is 0 Å². The number of hydrogen-bond donors (Lipinski definition) is 1. The molecule has 21 heteroatoms. The topological polar surface area (TPSA) is 252 Å². The van der Waals surface area contributed by atoms with Crippen molar-refractivity contribution in [2.75, 3.05) is 88.4 Å². The summed E-state index contributed by atoms with van der Waals surface area (Å²) in [6, 6.07) is 36.8. The summed E-state index contributed by atoms with van der Waals surface area (Å²) in [5, 5.41) is 9.45. The fourth-order valence-electron chi connectivity index (χ4n) is 7.22. The second-order valence-corrected chi connectivity index (χ2v) is 17.4. The minimum Gasteiger partial charge on any atom is -0.497 e. The van der Waals surface area contributed by atoms with Crippen molar-refractivity contribution in [3.05, 3.63) is 185 Å². The Morgan fingerprint density at radius 2 is 0.494 bits per heavy atom. The first kappa shape index (κ1) is 61.2. The molecule has 4 unspecified atom stereocenters. The van der Waals surface area contributed by atoms with E-state index in [0.29, 0.717) is 34.3 Å². The van der Waals surface area contributed by atoms with Crippen LogP contribution in [0, 0.1) is 0 Å². The fraction of sp³-hybridized carbons (Fsp3) is 0.300. The van der Waals surface area contributed by atoms with Crippen LogP contribution in [0.3, 0.4) is 0 Å². The van der Waals surface area contributed by atoms with Gasteiger partial charge in [0.1, 0.15) is 54.2 Å². The number of hydrogen-bond acceptors (Lipinski definition) is 21. The van der Waals surface area contributed by atoms with Crippen LogP contribution in [0.25, 0.3) is 0 Å². The average molecular weight is 1120 g/mol. The monoisotopic (exact) mass is 1120 g/mol. The number of methoxy groups -OCH3 is 5. The summed E-state index contributed by atoms with van der Waals surface area (Å²) in [6.07, 6.45) is -4.72. The second-order valence-electron chi connectivity index (χ2n) is 17.4. The van der Waals surface area contributed by atoms with E-state index in [9.17, 15) is 33.9 Å². The minimum absolute atomic E-state index is 0.155. The molecule has 0 heterocycles. The molecule has 0 fully saturated rings. The van der Waals surface area contributed by atoms with Gasteiger partial charge in [-0.1, -0.05) is 12.1 Å². The second kappa shape index (κ2) is 32.2. The van der Waals surface area contributed by atoms with Gasteiger partial charge in [0.05, 0.1) is 115 Å². The van der Waals surface area contributed by atoms with E-state index in [2.05, 4.69) is 0 Å². The van der Waals surface area contributed by atoms with Gasteiger partial charge in [0.2, 0.25) is 0 Å². The average Bonchev–Trinajstić information content (AvgIpc) is 3.52. The van der Waals surface area contributed by atoms with Gasteiger partial charge in [0, 0.05) is 0 Å². The largest absolute Gasteiger partial charge is 0.497 e. The Kier molecular flexibility index (Phi) is 24.3. The molecule has 0 aliphatic rings. The molecule has 0 saturated heterocycles. The van der Waals surface area contributed by atoms with E-state index in [4.69, 9.17) is 66.3 Å². The van der Waals surface area contributed by atoms with Crippen LogP contribution in [0.1, 0.15) is 67.7 Å². The molecule has 4 atom stereocenters. The highest BCUT2D eigenvalue weighted by Crippen LogP contribution is 2.19. The van der Waals surface area contributed by atoms with Gasteiger partial charge in [-0.05, 0) is 139 Å². The van der Waals surface area contributed by atoms with Gasteiger partial charge in [-0.15, -0.1) is 0 Å². The van der Waals surface area contributed by atoms with E-state index in [-0.39, 0.29) is 79.6 Å². The molecule has 21 nitrogen and oxygen atoms in total. The lowest BCUT2D eigenvalue weighted by molar-refractivity contribution is -0.0873. The van der Waals surface area contributed by atoms with Crippen molar-refractivity contribution in [1.29, 1.82) is 0 Å². The summed E-state index contributed by atoms with van der Waals surface area (Å²) in [5.74, 6) is -2.03. The van der Waals surface area contributed by atoms with E-state index in [1.807, 2.05) is 0 Å². The standard InChI is InChI=1S/C60H62O21/c1-68-46-20-10-41(11-21-46)56(63)77-38-54(81-60(67)45-18-28-50(72-5)29-19-45)36-75-34-52(79-58(65)43-14-24-48(70-3)25-15-43)32-73-31-51(78-57(64)42-12-22-47(69-2)23-13-42)33-74-35-53(80-59(66)44-16-26-49(71-4)27-17-44)37-76-55(62)40-8-6-39(30-61)7-9-40/h6-29,51-54,61H,30-38H2,1-5H3. The lowest BCUT2D eigenvalue weighted by Gasteiger charge is -2.24. The Balaban J connectivity index is 1.17. The fourth-order valence-corrected chi connectivity index (χ4v) is 7.22. The molecule has 1 N–H and O–H groups in total. The summed E-state index contributed by atoms with van der Waals surface area (Å²) >= 11 is 0. The molecule has 0 amide bonds. The molecule has 0 aliphatic carbocycles.